The molecule has 0 bridgehead atoms. The van der Waals surface area contributed by atoms with E-state index < -0.39 is 0 Å². The lowest BCUT2D eigenvalue weighted by Crippen LogP contribution is -2.26. The Morgan fingerprint density at radius 3 is 2.67 bits per heavy atom. The second-order valence-electron chi connectivity index (χ2n) is 4.55. The highest BCUT2D eigenvalue weighted by molar-refractivity contribution is 5.91. The normalized spacial score (nSPS) is 11.6. The summed E-state index contributed by atoms with van der Waals surface area (Å²) in [5.74, 6) is 0.0588. The smallest absolute Gasteiger partial charge is 0.286 e. The Labute approximate surface area is 126 Å². The average Bonchev–Trinajstić information content (AvgIpc) is 2.52. The third-order valence-electron chi connectivity index (χ3n) is 2.90. The van der Waals surface area contributed by atoms with Gasteiger partial charge >= 0.3 is 0 Å². The zero-order chi connectivity index (χ0) is 15.3. The van der Waals surface area contributed by atoms with Gasteiger partial charge in [-0.05, 0) is 30.9 Å². The van der Waals surface area contributed by atoms with E-state index in [-0.39, 0.29) is 18.3 Å². The molecule has 0 heterocycles. The second-order valence-corrected chi connectivity index (χ2v) is 4.55. The molecule has 0 aliphatic heterocycles. The summed E-state index contributed by atoms with van der Waals surface area (Å²) in [6, 6.07) is 9.84. The predicted octanol–water partition coefficient (Wildman–Crippen LogP) is 2.51. The Hall–Kier alpha value is -2.07. The SMILES string of the molecule is CO/C(=C\C=C\c1ccccc1)C(=O)NCCCCCO. The Kier molecular flexibility index (Phi) is 8.64. The molecule has 0 aromatic heterocycles. The maximum Gasteiger partial charge on any atom is 0.286 e. The van der Waals surface area contributed by atoms with Gasteiger partial charge in [0.1, 0.15) is 0 Å². The number of aliphatic hydroxyl groups excluding tert-OH is 1. The summed E-state index contributed by atoms with van der Waals surface area (Å²) in [6.07, 6.45) is 7.87. The van der Waals surface area contributed by atoms with E-state index in [4.69, 9.17) is 9.84 Å². The Morgan fingerprint density at radius 2 is 2.00 bits per heavy atom. The van der Waals surface area contributed by atoms with Crippen molar-refractivity contribution in [2.45, 2.75) is 19.3 Å². The molecule has 114 valence electrons. The van der Waals surface area contributed by atoms with Crippen LogP contribution in [0, 0.1) is 0 Å². The van der Waals surface area contributed by atoms with Gasteiger partial charge in [-0.1, -0.05) is 42.5 Å². The van der Waals surface area contributed by atoms with Gasteiger partial charge in [0.05, 0.1) is 7.11 Å². The summed E-state index contributed by atoms with van der Waals surface area (Å²) >= 11 is 0. The standard InChI is InChI=1S/C17H23NO3/c1-21-16(17(20)18-13-6-3-7-14-19)12-8-11-15-9-4-2-5-10-15/h2,4-5,8-12,19H,3,6-7,13-14H2,1H3,(H,18,20)/b11-8+,16-12-. The summed E-state index contributed by atoms with van der Waals surface area (Å²) in [7, 11) is 1.48. The zero-order valence-electron chi connectivity index (χ0n) is 12.4. The van der Waals surface area contributed by atoms with Crippen molar-refractivity contribution in [3.8, 4) is 0 Å². The number of allylic oxidation sites excluding steroid dienone is 2. The summed E-state index contributed by atoms with van der Waals surface area (Å²) in [6.45, 7) is 0.781. The molecule has 0 saturated heterocycles. The van der Waals surface area contributed by atoms with Gasteiger partial charge in [0.2, 0.25) is 0 Å². The molecule has 0 fully saturated rings. The van der Waals surface area contributed by atoms with Crippen molar-refractivity contribution < 1.29 is 14.6 Å². The molecule has 1 aromatic carbocycles. The van der Waals surface area contributed by atoms with Gasteiger partial charge in [0, 0.05) is 13.2 Å². The fraction of sp³-hybridized carbons (Fsp3) is 0.353. The van der Waals surface area contributed by atoms with Gasteiger partial charge in [-0.3, -0.25) is 4.79 Å². The maximum atomic E-state index is 11.9. The third-order valence-corrected chi connectivity index (χ3v) is 2.90. The van der Waals surface area contributed by atoms with Crippen LogP contribution in [-0.4, -0.2) is 31.3 Å². The quantitative estimate of drug-likeness (QED) is 0.318. The summed E-state index contributed by atoms with van der Waals surface area (Å²) < 4.78 is 5.09. The molecule has 0 spiro atoms. The van der Waals surface area contributed by atoms with Crippen molar-refractivity contribution >= 4 is 12.0 Å². The monoisotopic (exact) mass is 289 g/mol. The topological polar surface area (TPSA) is 58.6 Å². The first-order valence-electron chi connectivity index (χ1n) is 7.14. The minimum Gasteiger partial charge on any atom is -0.491 e. The van der Waals surface area contributed by atoms with Crippen LogP contribution in [0.25, 0.3) is 6.08 Å². The number of ether oxygens (including phenoxy) is 1. The number of amides is 1. The van der Waals surface area contributed by atoms with Gasteiger partial charge < -0.3 is 15.2 Å². The summed E-state index contributed by atoms with van der Waals surface area (Å²) in [5, 5.41) is 11.5. The molecular weight excluding hydrogens is 266 g/mol. The Bertz CT molecular complexity index is 466. The van der Waals surface area contributed by atoms with Crippen LogP contribution in [0.2, 0.25) is 0 Å². The molecule has 1 rings (SSSR count). The van der Waals surface area contributed by atoms with Crippen LogP contribution in [0.15, 0.2) is 48.2 Å². The molecule has 1 amide bonds. The largest absolute Gasteiger partial charge is 0.491 e. The van der Waals surface area contributed by atoms with Crippen molar-refractivity contribution in [1.29, 1.82) is 0 Å². The van der Waals surface area contributed by atoms with Crippen molar-refractivity contribution in [3.63, 3.8) is 0 Å². The van der Waals surface area contributed by atoms with Gasteiger partial charge in [-0.25, -0.2) is 0 Å². The molecule has 4 nitrogen and oxygen atoms in total. The number of hydrogen-bond donors (Lipinski definition) is 2. The lowest BCUT2D eigenvalue weighted by Gasteiger charge is -2.06. The molecule has 2 N–H and O–H groups in total. The predicted molar refractivity (Wildman–Crippen MR) is 84.5 cm³/mol. The number of unbranched alkanes of at least 4 members (excludes halogenated alkanes) is 2. The second kappa shape index (κ2) is 10.7. The lowest BCUT2D eigenvalue weighted by atomic mass is 10.2. The van der Waals surface area contributed by atoms with E-state index in [9.17, 15) is 4.79 Å². The highest BCUT2D eigenvalue weighted by Gasteiger charge is 2.07. The van der Waals surface area contributed by atoms with Gasteiger partial charge in [0.25, 0.3) is 5.91 Å². The molecule has 0 atom stereocenters. The fourth-order valence-corrected chi connectivity index (χ4v) is 1.75. The van der Waals surface area contributed by atoms with Gasteiger partial charge in [-0.2, -0.15) is 0 Å². The lowest BCUT2D eigenvalue weighted by molar-refractivity contribution is -0.120. The number of methoxy groups -OCH3 is 1. The third kappa shape index (κ3) is 7.32. The molecule has 1 aromatic rings. The summed E-state index contributed by atoms with van der Waals surface area (Å²) in [5.41, 5.74) is 1.06. The van der Waals surface area contributed by atoms with Crippen LogP contribution < -0.4 is 5.32 Å². The minimum absolute atomic E-state index is 0.196. The van der Waals surface area contributed by atoms with Crippen molar-refractivity contribution in [2.24, 2.45) is 0 Å². The molecule has 0 radical (unpaired) electrons. The summed E-state index contributed by atoms with van der Waals surface area (Å²) in [4.78, 5) is 11.9. The van der Waals surface area contributed by atoms with E-state index in [0.717, 1.165) is 24.8 Å². The van der Waals surface area contributed by atoms with Gasteiger partial charge in [0.15, 0.2) is 5.76 Å². The zero-order valence-corrected chi connectivity index (χ0v) is 12.4. The van der Waals surface area contributed by atoms with Crippen molar-refractivity contribution in [1.82, 2.24) is 5.32 Å². The van der Waals surface area contributed by atoms with Crippen LogP contribution in [0.4, 0.5) is 0 Å². The van der Waals surface area contributed by atoms with Gasteiger partial charge in [-0.15, -0.1) is 0 Å². The highest BCUT2D eigenvalue weighted by atomic mass is 16.5. The number of nitrogens with one attached hydrogen (secondary N) is 1. The van der Waals surface area contributed by atoms with Crippen LogP contribution in [-0.2, 0) is 9.53 Å². The molecule has 4 heteroatoms. The first-order chi connectivity index (χ1) is 10.3. The van der Waals surface area contributed by atoms with E-state index in [1.165, 1.54) is 7.11 Å². The van der Waals surface area contributed by atoms with E-state index in [1.807, 2.05) is 36.4 Å². The first-order valence-corrected chi connectivity index (χ1v) is 7.14. The van der Waals surface area contributed by atoms with Crippen LogP contribution >= 0.6 is 0 Å². The molecule has 0 saturated carbocycles. The van der Waals surface area contributed by atoms with Crippen LogP contribution in [0.3, 0.4) is 0 Å². The minimum atomic E-state index is -0.223. The molecule has 0 aliphatic carbocycles. The number of rotatable bonds is 9. The number of benzene rings is 1. The van der Waals surface area contributed by atoms with E-state index in [0.29, 0.717) is 6.54 Å². The highest BCUT2D eigenvalue weighted by Crippen LogP contribution is 2.03. The number of carbonyl (C=O) groups is 1. The van der Waals surface area contributed by atoms with Crippen LogP contribution in [0.5, 0.6) is 0 Å². The first kappa shape index (κ1) is 17.0. The average molecular weight is 289 g/mol. The molecule has 21 heavy (non-hydrogen) atoms. The molecule has 0 unspecified atom stereocenters. The van der Waals surface area contributed by atoms with Crippen molar-refractivity contribution in [2.75, 3.05) is 20.3 Å². The number of hydrogen-bond acceptors (Lipinski definition) is 3. The molecule has 0 aliphatic rings. The van der Waals surface area contributed by atoms with E-state index in [1.54, 1.807) is 12.2 Å². The Morgan fingerprint density at radius 1 is 1.24 bits per heavy atom. The van der Waals surface area contributed by atoms with E-state index >= 15 is 0 Å². The van der Waals surface area contributed by atoms with Crippen molar-refractivity contribution in [3.05, 3.63) is 53.8 Å². The van der Waals surface area contributed by atoms with Crippen LogP contribution in [0.1, 0.15) is 24.8 Å². The molecular formula is C17H23NO3. The fourth-order valence-electron chi connectivity index (χ4n) is 1.75. The number of aliphatic hydroxyl groups is 1. The van der Waals surface area contributed by atoms with E-state index in [2.05, 4.69) is 5.32 Å². The maximum absolute atomic E-state index is 11.9. The number of carbonyl (C=O) groups excluding carboxylic acids is 1. The Balaban J connectivity index is 2.43.